The zero-order valence-corrected chi connectivity index (χ0v) is 10.8. The molecule has 0 amide bonds. The second-order valence-corrected chi connectivity index (χ2v) is 7.55. The predicted molar refractivity (Wildman–Crippen MR) is 73.2 cm³/mol. The quantitative estimate of drug-likeness (QED) is 0.654. The first-order chi connectivity index (χ1) is 7.98. The van der Waals surface area contributed by atoms with Crippen molar-refractivity contribution >= 4 is 18.1 Å². The van der Waals surface area contributed by atoms with Gasteiger partial charge in [-0.1, -0.05) is 12.1 Å². The van der Waals surface area contributed by atoms with Crippen molar-refractivity contribution in [3.8, 4) is 11.1 Å². The molecule has 0 spiro atoms. The second-order valence-electron chi connectivity index (χ2n) is 4.37. The molecule has 0 saturated heterocycles. The minimum absolute atomic E-state index is 0.589. The Morgan fingerprint density at radius 2 is 1.94 bits per heavy atom. The van der Waals surface area contributed by atoms with Gasteiger partial charge < -0.3 is 10.3 Å². The largest absolute Gasteiger partial charge is 0.398 e. The molecule has 0 radical (unpaired) electrons. The molecule has 0 bridgehead atoms. The van der Waals surface area contributed by atoms with E-state index in [1.165, 1.54) is 0 Å². The van der Waals surface area contributed by atoms with Crippen LogP contribution >= 0.6 is 7.14 Å². The lowest BCUT2D eigenvalue weighted by Crippen LogP contribution is -2.09. The number of anilines is 1. The standard InChI is InChI=1S/C13H15N2OP/c1-17(2,16)13-8-10(5-6-12(13)14)11-4-3-7-15-9-11/h3-9H,14H2,1-2H3. The van der Waals surface area contributed by atoms with Gasteiger partial charge in [-0.25, -0.2) is 0 Å². The van der Waals surface area contributed by atoms with Crippen molar-refractivity contribution in [1.29, 1.82) is 0 Å². The third-order valence-corrected chi connectivity index (χ3v) is 4.15. The molecule has 2 N–H and O–H groups in total. The number of rotatable bonds is 2. The highest BCUT2D eigenvalue weighted by Gasteiger charge is 2.15. The average Bonchev–Trinajstić information content (AvgIpc) is 2.29. The van der Waals surface area contributed by atoms with Gasteiger partial charge in [-0.3, -0.25) is 4.98 Å². The van der Waals surface area contributed by atoms with Crippen molar-refractivity contribution in [1.82, 2.24) is 4.98 Å². The Kier molecular flexibility index (Phi) is 3.03. The highest BCUT2D eigenvalue weighted by molar-refractivity contribution is 7.70. The molecule has 1 aromatic carbocycles. The van der Waals surface area contributed by atoms with E-state index in [1.807, 2.05) is 24.3 Å². The molecule has 3 nitrogen and oxygen atoms in total. The molecular weight excluding hydrogens is 231 g/mol. The molecule has 1 heterocycles. The minimum Gasteiger partial charge on any atom is -0.398 e. The lowest BCUT2D eigenvalue weighted by atomic mass is 10.1. The van der Waals surface area contributed by atoms with Crippen LogP contribution in [-0.2, 0) is 4.57 Å². The third kappa shape index (κ3) is 2.56. The van der Waals surface area contributed by atoms with E-state index in [1.54, 1.807) is 31.8 Å². The van der Waals surface area contributed by atoms with E-state index >= 15 is 0 Å². The van der Waals surface area contributed by atoms with Crippen LogP contribution in [-0.4, -0.2) is 18.3 Å². The SMILES string of the molecule is CP(C)(=O)c1cc(-c2cccnc2)ccc1N. The van der Waals surface area contributed by atoms with Crippen LogP contribution in [0.5, 0.6) is 0 Å². The summed E-state index contributed by atoms with van der Waals surface area (Å²) in [6.07, 6.45) is 3.51. The molecule has 0 aliphatic rings. The monoisotopic (exact) mass is 246 g/mol. The van der Waals surface area contributed by atoms with Crippen LogP contribution in [0.4, 0.5) is 5.69 Å². The van der Waals surface area contributed by atoms with Gasteiger partial charge >= 0.3 is 0 Å². The number of hydrogen-bond acceptors (Lipinski definition) is 3. The van der Waals surface area contributed by atoms with Crippen molar-refractivity contribution in [2.24, 2.45) is 0 Å². The maximum Gasteiger partial charge on any atom is 0.111 e. The summed E-state index contributed by atoms with van der Waals surface area (Å²) in [5.74, 6) is 0. The molecule has 2 aromatic rings. The van der Waals surface area contributed by atoms with Crippen LogP contribution in [0.1, 0.15) is 0 Å². The van der Waals surface area contributed by atoms with Crippen molar-refractivity contribution in [2.45, 2.75) is 0 Å². The summed E-state index contributed by atoms with van der Waals surface area (Å²) in [5, 5.41) is 0.735. The van der Waals surface area contributed by atoms with Crippen LogP contribution in [0.2, 0.25) is 0 Å². The molecule has 1 aromatic heterocycles. The normalized spacial score (nSPS) is 11.4. The van der Waals surface area contributed by atoms with Gasteiger partial charge in [0.15, 0.2) is 0 Å². The molecule has 88 valence electrons. The zero-order valence-electron chi connectivity index (χ0n) is 9.92. The second kappa shape index (κ2) is 4.34. The van der Waals surface area contributed by atoms with E-state index in [-0.39, 0.29) is 0 Å². The average molecular weight is 246 g/mol. The smallest absolute Gasteiger partial charge is 0.111 e. The molecule has 17 heavy (non-hydrogen) atoms. The maximum atomic E-state index is 12.1. The summed E-state index contributed by atoms with van der Waals surface area (Å²) in [6, 6.07) is 9.47. The van der Waals surface area contributed by atoms with Crippen LogP contribution in [0.15, 0.2) is 42.7 Å². The maximum absolute atomic E-state index is 12.1. The molecular formula is C13H15N2OP. The van der Waals surface area contributed by atoms with Gasteiger partial charge in [0.25, 0.3) is 0 Å². The van der Waals surface area contributed by atoms with Crippen molar-refractivity contribution in [2.75, 3.05) is 19.1 Å². The Balaban J connectivity index is 2.56. The zero-order chi connectivity index (χ0) is 12.5. The van der Waals surface area contributed by atoms with Gasteiger partial charge in [0.05, 0.1) is 0 Å². The topological polar surface area (TPSA) is 56.0 Å². The van der Waals surface area contributed by atoms with Crippen molar-refractivity contribution in [3.05, 3.63) is 42.7 Å². The molecule has 0 aliphatic heterocycles. The molecule has 0 saturated carbocycles. The van der Waals surface area contributed by atoms with Gasteiger partial charge in [-0.2, -0.15) is 0 Å². The lowest BCUT2D eigenvalue weighted by molar-refractivity contribution is 0.588. The Labute approximate surface area is 101 Å². The van der Waals surface area contributed by atoms with E-state index in [0.29, 0.717) is 5.69 Å². The van der Waals surface area contributed by atoms with E-state index in [4.69, 9.17) is 5.73 Å². The fourth-order valence-corrected chi connectivity index (χ4v) is 2.87. The first-order valence-electron chi connectivity index (χ1n) is 5.34. The fraction of sp³-hybridized carbons (Fsp3) is 0.154. The Hall–Kier alpha value is -1.60. The van der Waals surface area contributed by atoms with Crippen LogP contribution < -0.4 is 11.0 Å². The molecule has 2 rings (SSSR count). The van der Waals surface area contributed by atoms with Crippen LogP contribution in [0, 0.1) is 0 Å². The highest BCUT2D eigenvalue weighted by atomic mass is 31.2. The van der Waals surface area contributed by atoms with Crippen LogP contribution in [0.3, 0.4) is 0 Å². The number of nitrogen functional groups attached to an aromatic ring is 1. The number of nitrogens with two attached hydrogens (primary N) is 1. The summed E-state index contributed by atoms with van der Waals surface area (Å²) >= 11 is 0. The Morgan fingerprint density at radius 3 is 2.53 bits per heavy atom. The van der Waals surface area contributed by atoms with Crippen molar-refractivity contribution < 1.29 is 4.57 Å². The van der Waals surface area contributed by atoms with E-state index in [2.05, 4.69) is 4.98 Å². The molecule has 0 unspecified atom stereocenters. The molecule has 0 atom stereocenters. The fourth-order valence-electron chi connectivity index (χ4n) is 1.72. The highest BCUT2D eigenvalue weighted by Crippen LogP contribution is 2.38. The minimum atomic E-state index is -2.35. The first kappa shape index (κ1) is 11.9. The van der Waals surface area contributed by atoms with E-state index in [9.17, 15) is 4.57 Å². The van der Waals surface area contributed by atoms with Crippen LogP contribution in [0.25, 0.3) is 11.1 Å². The molecule has 4 heteroatoms. The molecule has 0 fully saturated rings. The van der Waals surface area contributed by atoms with Gasteiger partial charge in [0.2, 0.25) is 0 Å². The van der Waals surface area contributed by atoms with Crippen molar-refractivity contribution in [3.63, 3.8) is 0 Å². The van der Waals surface area contributed by atoms with E-state index in [0.717, 1.165) is 16.4 Å². The summed E-state index contributed by atoms with van der Waals surface area (Å²) in [4.78, 5) is 4.08. The summed E-state index contributed by atoms with van der Waals surface area (Å²) in [6.45, 7) is 3.46. The van der Waals surface area contributed by atoms with E-state index < -0.39 is 7.14 Å². The Bertz CT molecular complexity index is 575. The first-order valence-corrected chi connectivity index (χ1v) is 7.94. The molecule has 0 aliphatic carbocycles. The number of benzene rings is 1. The summed E-state index contributed by atoms with van der Waals surface area (Å²) in [7, 11) is -2.35. The number of aromatic nitrogens is 1. The lowest BCUT2D eigenvalue weighted by Gasteiger charge is -2.12. The summed E-state index contributed by atoms with van der Waals surface area (Å²) < 4.78 is 12.1. The summed E-state index contributed by atoms with van der Waals surface area (Å²) in [5.41, 5.74) is 8.45. The number of pyridine rings is 1. The van der Waals surface area contributed by atoms with Gasteiger partial charge in [0, 0.05) is 28.9 Å². The van der Waals surface area contributed by atoms with Gasteiger partial charge in [-0.05, 0) is 37.1 Å². The van der Waals surface area contributed by atoms with Gasteiger partial charge in [-0.15, -0.1) is 0 Å². The number of hydrogen-bond donors (Lipinski definition) is 1. The predicted octanol–water partition coefficient (Wildman–Crippen LogP) is 2.58. The number of nitrogens with zero attached hydrogens (tertiary/aromatic N) is 1. The van der Waals surface area contributed by atoms with Gasteiger partial charge in [0.1, 0.15) is 7.14 Å². The Morgan fingerprint density at radius 1 is 1.18 bits per heavy atom. The third-order valence-electron chi connectivity index (χ3n) is 2.61.